The minimum absolute atomic E-state index is 0.842. The molecule has 0 fully saturated rings. The maximum Gasteiger partial charge on any atom is 0.135 e. The topological polar surface area (TPSA) is 9.23 Å². The summed E-state index contributed by atoms with van der Waals surface area (Å²) in [4.78, 5) is 0. The summed E-state index contributed by atoms with van der Waals surface area (Å²) in [6, 6.07) is 22.2. The summed E-state index contributed by atoms with van der Waals surface area (Å²) in [5.74, 6) is 1.73. The fraction of sp³-hybridized carbons (Fsp3) is 0. The van der Waals surface area contributed by atoms with Crippen molar-refractivity contribution in [3.8, 4) is 11.5 Å². The molecule has 1 nitrogen and oxygen atoms in total. The normalized spacial score (nSPS) is 10.5. The van der Waals surface area contributed by atoms with Gasteiger partial charge in [0.25, 0.3) is 0 Å². The van der Waals surface area contributed by atoms with Gasteiger partial charge in [-0.2, -0.15) is 0 Å². The number of benzene rings is 3. The van der Waals surface area contributed by atoms with Crippen LogP contribution in [-0.4, -0.2) is 0 Å². The van der Waals surface area contributed by atoms with Crippen LogP contribution in [-0.2, 0) is 0 Å². The maximum atomic E-state index is 5.93. The number of hydrogen-bond donors (Lipinski definition) is 0. The van der Waals surface area contributed by atoms with E-state index in [1.54, 1.807) is 0 Å². The van der Waals surface area contributed by atoms with Crippen LogP contribution in [0.4, 0.5) is 0 Å². The van der Waals surface area contributed by atoms with Gasteiger partial charge in [0.1, 0.15) is 11.5 Å². The molecule has 88 valence electrons. The summed E-state index contributed by atoms with van der Waals surface area (Å²) in [5.41, 5.74) is 0. The second-order valence-corrected chi connectivity index (χ2v) is 4.95. The van der Waals surface area contributed by atoms with Crippen molar-refractivity contribution in [3.05, 3.63) is 71.2 Å². The van der Waals surface area contributed by atoms with E-state index in [1.807, 2.05) is 48.5 Å². The van der Waals surface area contributed by atoms with Crippen LogP contribution >= 0.6 is 15.9 Å². The molecule has 18 heavy (non-hydrogen) atoms. The molecule has 3 aromatic rings. The van der Waals surface area contributed by atoms with Crippen LogP contribution in [0.15, 0.2) is 71.2 Å². The van der Waals surface area contributed by atoms with Crippen molar-refractivity contribution < 1.29 is 4.74 Å². The van der Waals surface area contributed by atoms with Gasteiger partial charge in [0.15, 0.2) is 0 Å². The first-order chi connectivity index (χ1) is 8.83. The van der Waals surface area contributed by atoms with Crippen molar-refractivity contribution in [2.24, 2.45) is 0 Å². The van der Waals surface area contributed by atoms with E-state index in [2.05, 4.69) is 34.1 Å². The molecule has 3 rings (SSSR count). The third-order valence-corrected chi connectivity index (χ3v) is 3.32. The van der Waals surface area contributed by atoms with Gasteiger partial charge in [-0.3, -0.25) is 0 Å². The van der Waals surface area contributed by atoms with Gasteiger partial charge in [-0.15, -0.1) is 0 Å². The largest absolute Gasteiger partial charge is 0.457 e. The van der Waals surface area contributed by atoms with Gasteiger partial charge in [0, 0.05) is 9.86 Å². The molecule has 0 bridgehead atoms. The first-order valence-corrected chi connectivity index (χ1v) is 6.53. The average molecular weight is 299 g/mol. The molecule has 0 atom stereocenters. The van der Waals surface area contributed by atoms with E-state index in [0.29, 0.717) is 0 Å². The Labute approximate surface area is 114 Å². The molecule has 0 radical (unpaired) electrons. The summed E-state index contributed by atoms with van der Waals surface area (Å²) < 4.78 is 6.97. The van der Waals surface area contributed by atoms with Gasteiger partial charge in [0.2, 0.25) is 0 Å². The van der Waals surface area contributed by atoms with E-state index >= 15 is 0 Å². The molecular formula is C16H11BrO. The molecule has 0 amide bonds. The average Bonchev–Trinajstić information content (AvgIpc) is 2.42. The molecule has 2 heteroatoms. The Morgan fingerprint density at radius 2 is 1.44 bits per heavy atom. The van der Waals surface area contributed by atoms with Gasteiger partial charge in [0.05, 0.1) is 0 Å². The van der Waals surface area contributed by atoms with Crippen molar-refractivity contribution in [3.63, 3.8) is 0 Å². The molecule has 3 aromatic carbocycles. The molecule has 0 heterocycles. The first kappa shape index (κ1) is 11.3. The van der Waals surface area contributed by atoms with Gasteiger partial charge in [-0.25, -0.2) is 0 Å². The highest BCUT2D eigenvalue weighted by atomic mass is 79.9. The van der Waals surface area contributed by atoms with E-state index in [-0.39, 0.29) is 0 Å². The molecular weight excluding hydrogens is 288 g/mol. The fourth-order valence-electron chi connectivity index (χ4n) is 1.91. The molecule has 0 N–H and O–H groups in total. The van der Waals surface area contributed by atoms with Crippen LogP contribution in [0, 0.1) is 0 Å². The van der Waals surface area contributed by atoms with Crippen molar-refractivity contribution >= 4 is 26.7 Å². The predicted molar refractivity (Wildman–Crippen MR) is 78.2 cm³/mol. The molecule has 0 aromatic heterocycles. The predicted octanol–water partition coefficient (Wildman–Crippen LogP) is 5.39. The molecule has 0 saturated carbocycles. The van der Waals surface area contributed by atoms with Crippen LogP contribution < -0.4 is 4.74 Å². The smallest absolute Gasteiger partial charge is 0.135 e. The van der Waals surface area contributed by atoms with E-state index in [4.69, 9.17) is 4.74 Å². The summed E-state index contributed by atoms with van der Waals surface area (Å²) >= 11 is 3.42. The van der Waals surface area contributed by atoms with Crippen molar-refractivity contribution in [2.75, 3.05) is 0 Å². The highest BCUT2D eigenvalue weighted by molar-refractivity contribution is 9.10. The van der Waals surface area contributed by atoms with Gasteiger partial charge < -0.3 is 4.74 Å². The first-order valence-electron chi connectivity index (χ1n) is 5.74. The number of fused-ring (bicyclic) bond motifs is 1. The minimum atomic E-state index is 0.842. The Bertz CT molecular complexity index is 669. The lowest BCUT2D eigenvalue weighted by molar-refractivity contribution is 0.488. The van der Waals surface area contributed by atoms with Crippen molar-refractivity contribution in [1.82, 2.24) is 0 Å². The summed E-state index contributed by atoms with van der Waals surface area (Å²) in [7, 11) is 0. The van der Waals surface area contributed by atoms with Crippen LogP contribution in [0.3, 0.4) is 0 Å². The monoisotopic (exact) mass is 298 g/mol. The lowest BCUT2D eigenvalue weighted by Crippen LogP contribution is -1.85. The molecule has 0 aliphatic rings. The Balaban J connectivity index is 2.02. The number of rotatable bonds is 2. The van der Waals surface area contributed by atoms with Crippen molar-refractivity contribution in [2.45, 2.75) is 0 Å². The SMILES string of the molecule is Brc1ccc(Oc2cccc3ccccc23)cc1. The van der Waals surface area contributed by atoms with Crippen LogP contribution in [0.1, 0.15) is 0 Å². The Hall–Kier alpha value is -1.80. The third kappa shape index (κ3) is 2.24. The Kier molecular flexibility index (Phi) is 3.03. The highest BCUT2D eigenvalue weighted by Crippen LogP contribution is 2.30. The lowest BCUT2D eigenvalue weighted by Gasteiger charge is -2.08. The summed E-state index contributed by atoms with van der Waals surface area (Å²) in [5, 5.41) is 2.31. The molecule has 0 saturated heterocycles. The fourth-order valence-corrected chi connectivity index (χ4v) is 2.18. The van der Waals surface area contributed by atoms with E-state index in [0.717, 1.165) is 21.4 Å². The zero-order valence-electron chi connectivity index (χ0n) is 9.64. The van der Waals surface area contributed by atoms with E-state index < -0.39 is 0 Å². The molecule has 0 spiro atoms. The standard InChI is InChI=1S/C16H11BrO/c17-13-8-10-14(11-9-13)18-16-7-3-5-12-4-1-2-6-15(12)16/h1-11H. The summed E-state index contributed by atoms with van der Waals surface area (Å²) in [6.45, 7) is 0. The number of halogens is 1. The zero-order valence-corrected chi connectivity index (χ0v) is 11.2. The maximum absolute atomic E-state index is 5.93. The molecule has 0 aliphatic carbocycles. The van der Waals surface area contributed by atoms with E-state index in [1.165, 1.54) is 5.39 Å². The number of hydrogen-bond acceptors (Lipinski definition) is 1. The van der Waals surface area contributed by atoms with E-state index in [9.17, 15) is 0 Å². The van der Waals surface area contributed by atoms with Gasteiger partial charge in [-0.05, 0) is 35.7 Å². The lowest BCUT2D eigenvalue weighted by atomic mass is 10.1. The van der Waals surface area contributed by atoms with Crippen LogP contribution in [0.2, 0.25) is 0 Å². The molecule has 0 unspecified atom stereocenters. The Morgan fingerprint density at radius 3 is 2.28 bits per heavy atom. The van der Waals surface area contributed by atoms with Gasteiger partial charge in [-0.1, -0.05) is 52.3 Å². The third-order valence-electron chi connectivity index (χ3n) is 2.79. The van der Waals surface area contributed by atoms with Crippen LogP contribution in [0.5, 0.6) is 11.5 Å². The van der Waals surface area contributed by atoms with Crippen molar-refractivity contribution in [1.29, 1.82) is 0 Å². The highest BCUT2D eigenvalue weighted by Gasteiger charge is 2.02. The number of ether oxygens (including phenoxy) is 1. The summed E-state index contributed by atoms with van der Waals surface area (Å²) in [6.07, 6.45) is 0. The minimum Gasteiger partial charge on any atom is -0.457 e. The Morgan fingerprint density at radius 1 is 0.722 bits per heavy atom. The van der Waals surface area contributed by atoms with Crippen LogP contribution in [0.25, 0.3) is 10.8 Å². The van der Waals surface area contributed by atoms with Gasteiger partial charge >= 0.3 is 0 Å². The zero-order chi connectivity index (χ0) is 12.4. The second-order valence-electron chi connectivity index (χ2n) is 4.03. The second kappa shape index (κ2) is 4.83. The molecule has 0 aliphatic heterocycles. The quantitative estimate of drug-likeness (QED) is 0.616.